The number of rotatable bonds is 11. The van der Waals surface area contributed by atoms with Crippen LogP contribution in [-0.2, 0) is 28.0 Å². The highest BCUT2D eigenvalue weighted by molar-refractivity contribution is 5.69. The normalized spacial score (nSPS) is 16.2. The van der Waals surface area contributed by atoms with Crippen molar-refractivity contribution in [2.24, 2.45) is 0 Å². The van der Waals surface area contributed by atoms with E-state index >= 15 is 0 Å². The number of hydrogen-bond acceptors (Lipinski definition) is 3. The molecule has 2 N–H and O–H groups in total. The molecule has 1 aromatic heterocycles. The third kappa shape index (κ3) is 7.22. The van der Waals surface area contributed by atoms with E-state index in [4.69, 9.17) is 4.74 Å². The van der Waals surface area contributed by atoms with Crippen molar-refractivity contribution < 1.29 is 19.5 Å². The second-order valence-electron chi connectivity index (χ2n) is 9.97. The van der Waals surface area contributed by atoms with Gasteiger partial charge in [-0.05, 0) is 35.1 Å². The van der Waals surface area contributed by atoms with E-state index in [0.717, 1.165) is 19.5 Å². The number of nitrogens with zero attached hydrogens (tertiary/aromatic N) is 1. The van der Waals surface area contributed by atoms with Crippen LogP contribution in [0, 0.1) is 0 Å². The van der Waals surface area contributed by atoms with Crippen LogP contribution in [0.2, 0.25) is 0 Å². The van der Waals surface area contributed by atoms with Crippen LogP contribution in [0.1, 0.15) is 70.2 Å². The minimum atomic E-state index is -0.621. The molecular formula is C26H39N2O3+. The standard InChI is InChI=1S/C26H38N2O3/c1-5-7-25(30)31-19-24(29)18-28(22-13-14-22)17-23-8-6-15-27(23)16-20-9-11-21(12-10-20)26(2,3)4/h6,8-12,15,22,24,29H,5,7,13-14,16-19H2,1-4H3/p+1/t24-/m1/s1. The zero-order valence-corrected chi connectivity index (χ0v) is 19.6. The van der Waals surface area contributed by atoms with Crippen molar-refractivity contribution in [3.63, 3.8) is 0 Å². The summed E-state index contributed by atoms with van der Waals surface area (Å²) in [7, 11) is 0. The molecule has 1 aliphatic carbocycles. The number of aliphatic hydroxyl groups excluding tert-OH is 1. The third-order valence-electron chi connectivity index (χ3n) is 6.05. The van der Waals surface area contributed by atoms with Crippen LogP contribution < -0.4 is 4.90 Å². The Balaban J connectivity index is 1.59. The highest BCUT2D eigenvalue weighted by Gasteiger charge is 2.35. The summed E-state index contributed by atoms with van der Waals surface area (Å²) < 4.78 is 7.52. The van der Waals surface area contributed by atoms with Crippen LogP contribution in [0.4, 0.5) is 0 Å². The van der Waals surface area contributed by atoms with Gasteiger partial charge in [-0.25, -0.2) is 0 Å². The molecule has 5 nitrogen and oxygen atoms in total. The number of ether oxygens (including phenoxy) is 1. The SMILES string of the molecule is CCCC(=O)OC[C@H](O)C[NH+](Cc1cccn1Cc1ccc(C(C)(C)C)cc1)C1CC1. The molecule has 2 atom stereocenters. The maximum absolute atomic E-state index is 11.6. The lowest BCUT2D eigenvalue weighted by Gasteiger charge is -2.23. The molecule has 0 saturated heterocycles. The predicted molar refractivity (Wildman–Crippen MR) is 123 cm³/mol. The minimum absolute atomic E-state index is 0.0934. The van der Waals surface area contributed by atoms with E-state index in [1.165, 1.54) is 34.6 Å². The summed E-state index contributed by atoms with van der Waals surface area (Å²) in [5, 5.41) is 10.4. The number of carbonyl (C=O) groups is 1. The fraction of sp³-hybridized carbons (Fsp3) is 0.577. The summed E-state index contributed by atoms with van der Waals surface area (Å²) in [4.78, 5) is 13.0. The van der Waals surface area contributed by atoms with E-state index in [0.29, 0.717) is 19.0 Å². The van der Waals surface area contributed by atoms with Gasteiger partial charge in [-0.15, -0.1) is 0 Å². The van der Waals surface area contributed by atoms with E-state index in [1.54, 1.807) is 0 Å². The summed E-state index contributed by atoms with van der Waals surface area (Å²) in [6, 6.07) is 13.8. The quantitative estimate of drug-likeness (QED) is 0.542. The number of aliphatic hydroxyl groups is 1. The lowest BCUT2D eigenvalue weighted by atomic mass is 9.87. The Labute approximate surface area is 187 Å². The van der Waals surface area contributed by atoms with Crippen LogP contribution in [0.15, 0.2) is 42.6 Å². The largest absolute Gasteiger partial charge is 0.463 e. The Bertz CT molecular complexity index is 831. The number of esters is 1. The lowest BCUT2D eigenvalue weighted by molar-refractivity contribution is -0.928. The molecule has 1 aromatic carbocycles. The number of carbonyl (C=O) groups excluding carboxylic acids is 1. The fourth-order valence-electron chi connectivity index (χ4n) is 4.01. The predicted octanol–water partition coefficient (Wildman–Crippen LogP) is 3.09. The van der Waals surface area contributed by atoms with Gasteiger partial charge in [-0.2, -0.15) is 0 Å². The number of benzene rings is 1. The number of nitrogens with one attached hydrogen (secondary N) is 1. The molecular weight excluding hydrogens is 388 g/mol. The number of quaternary nitrogens is 1. The topological polar surface area (TPSA) is 55.9 Å². The van der Waals surface area contributed by atoms with Crippen LogP contribution in [0.25, 0.3) is 0 Å². The Kier molecular flexibility index (Phi) is 7.95. The Morgan fingerprint density at radius 3 is 2.55 bits per heavy atom. The summed E-state index contributed by atoms with van der Waals surface area (Å²) in [5.41, 5.74) is 4.08. The number of aromatic nitrogens is 1. The molecule has 0 radical (unpaired) electrons. The summed E-state index contributed by atoms with van der Waals surface area (Å²) in [6.45, 7) is 11.1. The molecule has 1 fully saturated rings. The van der Waals surface area contributed by atoms with Crippen molar-refractivity contribution in [3.05, 3.63) is 59.4 Å². The molecule has 1 unspecified atom stereocenters. The summed E-state index contributed by atoms with van der Waals surface area (Å²) in [5.74, 6) is -0.221. The molecule has 0 amide bonds. The first-order valence-electron chi connectivity index (χ1n) is 11.7. The molecule has 1 aliphatic rings. The minimum Gasteiger partial charge on any atom is -0.463 e. The summed E-state index contributed by atoms with van der Waals surface area (Å²) >= 11 is 0. The van der Waals surface area contributed by atoms with Crippen molar-refractivity contribution >= 4 is 5.97 Å². The van der Waals surface area contributed by atoms with Crippen molar-refractivity contribution in [2.45, 2.75) is 84.0 Å². The lowest BCUT2D eigenvalue weighted by Crippen LogP contribution is -3.13. The van der Waals surface area contributed by atoms with Crippen molar-refractivity contribution in [1.29, 1.82) is 0 Å². The zero-order valence-electron chi connectivity index (χ0n) is 19.6. The van der Waals surface area contributed by atoms with E-state index in [9.17, 15) is 9.90 Å². The van der Waals surface area contributed by atoms with Gasteiger partial charge >= 0.3 is 5.97 Å². The molecule has 1 heterocycles. The van der Waals surface area contributed by atoms with Gasteiger partial charge in [0.1, 0.15) is 25.8 Å². The molecule has 3 rings (SSSR count). The molecule has 0 bridgehead atoms. The third-order valence-corrected chi connectivity index (χ3v) is 6.05. The molecule has 2 aromatic rings. The van der Waals surface area contributed by atoms with Crippen LogP contribution in [-0.4, -0.2) is 40.9 Å². The highest BCUT2D eigenvalue weighted by Crippen LogP contribution is 2.22. The highest BCUT2D eigenvalue weighted by atomic mass is 16.5. The number of hydrogen-bond donors (Lipinski definition) is 2. The fourth-order valence-corrected chi connectivity index (χ4v) is 4.01. The van der Waals surface area contributed by atoms with Gasteiger partial charge in [-0.1, -0.05) is 52.0 Å². The van der Waals surface area contributed by atoms with Gasteiger partial charge in [0.25, 0.3) is 0 Å². The Morgan fingerprint density at radius 1 is 1.23 bits per heavy atom. The molecule has 170 valence electrons. The maximum Gasteiger partial charge on any atom is 0.305 e. The second-order valence-corrected chi connectivity index (χ2v) is 9.97. The van der Waals surface area contributed by atoms with Crippen LogP contribution in [0.5, 0.6) is 0 Å². The van der Waals surface area contributed by atoms with E-state index in [2.05, 4.69) is 67.9 Å². The van der Waals surface area contributed by atoms with Crippen LogP contribution in [0.3, 0.4) is 0 Å². The van der Waals surface area contributed by atoms with E-state index < -0.39 is 6.10 Å². The smallest absolute Gasteiger partial charge is 0.305 e. The van der Waals surface area contributed by atoms with Crippen molar-refractivity contribution in [3.8, 4) is 0 Å². The monoisotopic (exact) mass is 427 g/mol. The molecule has 31 heavy (non-hydrogen) atoms. The van der Waals surface area contributed by atoms with Crippen molar-refractivity contribution in [2.75, 3.05) is 13.2 Å². The average molecular weight is 428 g/mol. The van der Waals surface area contributed by atoms with Gasteiger partial charge < -0.3 is 19.3 Å². The molecule has 0 spiro atoms. The van der Waals surface area contributed by atoms with E-state index in [-0.39, 0.29) is 18.0 Å². The maximum atomic E-state index is 11.6. The first-order valence-corrected chi connectivity index (χ1v) is 11.7. The van der Waals surface area contributed by atoms with Crippen molar-refractivity contribution in [1.82, 2.24) is 4.57 Å². The van der Waals surface area contributed by atoms with E-state index in [1.807, 2.05) is 6.92 Å². The van der Waals surface area contributed by atoms with Crippen LogP contribution >= 0.6 is 0 Å². The Hall–Kier alpha value is -2.11. The van der Waals surface area contributed by atoms with Gasteiger partial charge in [0.2, 0.25) is 0 Å². The average Bonchev–Trinajstić information content (AvgIpc) is 3.48. The second kappa shape index (κ2) is 10.5. The van der Waals surface area contributed by atoms with Gasteiger partial charge in [0.15, 0.2) is 0 Å². The summed E-state index contributed by atoms with van der Waals surface area (Å²) in [6.07, 6.45) is 5.10. The first kappa shape index (κ1) is 23.6. The van der Waals surface area contributed by atoms with Gasteiger partial charge in [0, 0.05) is 32.0 Å². The molecule has 0 aliphatic heterocycles. The van der Waals surface area contributed by atoms with Gasteiger partial charge in [0.05, 0.1) is 11.7 Å². The van der Waals surface area contributed by atoms with Gasteiger partial charge in [-0.3, -0.25) is 4.79 Å². The zero-order chi connectivity index (χ0) is 22.4. The Morgan fingerprint density at radius 2 is 1.94 bits per heavy atom. The first-order chi connectivity index (χ1) is 14.8. The molecule has 1 saturated carbocycles. The molecule has 5 heteroatoms.